The Morgan fingerprint density at radius 2 is 1.63 bits per heavy atom. The van der Waals surface area contributed by atoms with Crippen LogP contribution in [0.1, 0.15) is 26.3 Å². The summed E-state index contributed by atoms with van der Waals surface area (Å²) in [6, 6.07) is 10.1. The third-order valence-electron chi connectivity index (χ3n) is 3.97. The Hall–Kier alpha value is -1.12. The minimum atomic E-state index is -0.550. The van der Waals surface area contributed by atoms with Gasteiger partial charge in [0.1, 0.15) is 0 Å². The van der Waals surface area contributed by atoms with Crippen LogP contribution >= 0.6 is 0 Å². The number of aliphatic hydroxyl groups excluding tert-OH is 2. The summed E-state index contributed by atoms with van der Waals surface area (Å²) >= 11 is 0. The fourth-order valence-electron chi connectivity index (χ4n) is 2.45. The lowest BCUT2D eigenvalue weighted by molar-refractivity contribution is -0.0200. The molecule has 0 amide bonds. The summed E-state index contributed by atoms with van der Waals surface area (Å²) in [5.41, 5.74) is 1.22. The Bertz CT molecular complexity index is 374. The summed E-state index contributed by atoms with van der Waals surface area (Å²) in [4.78, 5) is 0. The van der Waals surface area contributed by atoms with Crippen LogP contribution in [0.15, 0.2) is 43.0 Å². The molecule has 2 heteroatoms. The molecule has 0 radical (unpaired) electrons. The normalized spacial score (nSPS) is 19.2. The van der Waals surface area contributed by atoms with E-state index in [1.807, 2.05) is 39.0 Å². The number of hydrogen-bond donors (Lipinski definition) is 2. The van der Waals surface area contributed by atoms with Crippen molar-refractivity contribution in [2.45, 2.75) is 39.4 Å². The Kier molecular flexibility index (Phi) is 6.26. The second kappa shape index (κ2) is 7.46. The summed E-state index contributed by atoms with van der Waals surface area (Å²) in [7, 11) is 0. The van der Waals surface area contributed by atoms with Gasteiger partial charge in [0.2, 0.25) is 0 Å². The van der Waals surface area contributed by atoms with Crippen LogP contribution in [-0.2, 0) is 6.42 Å². The van der Waals surface area contributed by atoms with Crippen LogP contribution in [0.4, 0.5) is 0 Å². The molecule has 0 aliphatic carbocycles. The van der Waals surface area contributed by atoms with Crippen LogP contribution in [0.2, 0.25) is 0 Å². The zero-order valence-corrected chi connectivity index (χ0v) is 12.2. The predicted octanol–water partition coefficient (Wildman–Crippen LogP) is 3.05. The van der Waals surface area contributed by atoms with Crippen LogP contribution in [0.25, 0.3) is 0 Å². The van der Waals surface area contributed by atoms with Crippen molar-refractivity contribution in [2.24, 2.45) is 17.8 Å². The fraction of sp³-hybridized carbons (Fsp3) is 0.529. The van der Waals surface area contributed by atoms with E-state index in [0.717, 1.165) is 6.42 Å². The summed E-state index contributed by atoms with van der Waals surface area (Å²) < 4.78 is 0. The molecule has 0 spiro atoms. The van der Waals surface area contributed by atoms with Gasteiger partial charge in [-0.1, -0.05) is 57.2 Å². The summed E-state index contributed by atoms with van der Waals surface area (Å²) in [6.45, 7) is 9.54. The molecule has 106 valence electrons. The molecule has 0 fully saturated rings. The molecule has 1 aromatic rings. The molecule has 0 bridgehead atoms. The summed E-state index contributed by atoms with van der Waals surface area (Å²) in [5, 5.41) is 20.5. The van der Waals surface area contributed by atoms with Crippen molar-refractivity contribution in [1.82, 2.24) is 0 Å². The predicted molar refractivity (Wildman–Crippen MR) is 79.8 cm³/mol. The Balaban J connectivity index is 2.61. The molecule has 2 N–H and O–H groups in total. The molecule has 2 nitrogen and oxygen atoms in total. The lowest BCUT2D eigenvalue weighted by Crippen LogP contribution is -2.37. The quantitative estimate of drug-likeness (QED) is 0.741. The Labute approximate surface area is 116 Å². The Morgan fingerprint density at radius 1 is 1.05 bits per heavy atom. The number of aliphatic hydroxyl groups is 2. The van der Waals surface area contributed by atoms with Gasteiger partial charge in [-0.2, -0.15) is 0 Å². The van der Waals surface area contributed by atoms with Gasteiger partial charge in [0.05, 0.1) is 12.2 Å². The van der Waals surface area contributed by atoms with Crippen molar-refractivity contribution >= 4 is 0 Å². The molecule has 0 aromatic heterocycles. The molecule has 1 aromatic carbocycles. The van der Waals surface area contributed by atoms with Gasteiger partial charge in [0.25, 0.3) is 0 Å². The van der Waals surface area contributed by atoms with Gasteiger partial charge in [-0.15, -0.1) is 6.58 Å². The highest BCUT2D eigenvalue weighted by Gasteiger charge is 2.29. The van der Waals surface area contributed by atoms with Crippen LogP contribution in [0.3, 0.4) is 0 Å². The van der Waals surface area contributed by atoms with E-state index in [2.05, 4.69) is 18.7 Å². The van der Waals surface area contributed by atoms with Gasteiger partial charge < -0.3 is 10.2 Å². The van der Waals surface area contributed by atoms with E-state index >= 15 is 0 Å². The topological polar surface area (TPSA) is 40.5 Å². The minimum Gasteiger partial charge on any atom is -0.392 e. The van der Waals surface area contributed by atoms with Gasteiger partial charge in [0, 0.05) is 11.8 Å². The second-order valence-corrected chi connectivity index (χ2v) is 5.60. The monoisotopic (exact) mass is 262 g/mol. The summed E-state index contributed by atoms with van der Waals surface area (Å²) in [5.74, 6) is -0.0515. The maximum Gasteiger partial charge on any atom is 0.0650 e. The molecule has 0 unspecified atom stereocenters. The van der Waals surface area contributed by atoms with Gasteiger partial charge in [0.15, 0.2) is 0 Å². The highest BCUT2D eigenvalue weighted by atomic mass is 16.3. The number of benzene rings is 1. The van der Waals surface area contributed by atoms with Crippen molar-refractivity contribution in [3.8, 4) is 0 Å². The maximum absolute atomic E-state index is 10.4. The first-order valence-electron chi connectivity index (χ1n) is 7.00. The third-order valence-corrected chi connectivity index (χ3v) is 3.97. The Morgan fingerprint density at radius 3 is 2.16 bits per heavy atom. The standard InChI is InChI=1S/C17H26O2/c1-5-12(2)16(18)14(4)17(19)13(3)11-15-9-7-6-8-10-15/h5-10,12-14,16-19H,1,11H2,2-4H3/t12-,13-,14-,16-,17-/m1/s1. The smallest absolute Gasteiger partial charge is 0.0650 e. The first-order chi connectivity index (χ1) is 8.97. The van der Waals surface area contributed by atoms with Crippen LogP contribution < -0.4 is 0 Å². The van der Waals surface area contributed by atoms with E-state index in [-0.39, 0.29) is 17.8 Å². The van der Waals surface area contributed by atoms with Crippen LogP contribution in [0, 0.1) is 17.8 Å². The molecule has 1 rings (SSSR count). The van der Waals surface area contributed by atoms with Crippen molar-refractivity contribution in [2.75, 3.05) is 0 Å². The zero-order chi connectivity index (χ0) is 14.4. The fourth-order valence-corrected chi connectivity index (χ4v) is 2.45. The van der Waals surface area contributed by atoms with Gasteiger partial charge in [-0.3, -0.25) is 0 Å². The second-order valence-electron chi connectivity index (χ2n) is 5.60. The summed E-state index contributed by atoms with van der Waals surface area (Å²) in [6.07, 6.45) is 1.49. The lowest BCUT2D eigenvalue weighted by Gasteiger charge is -2.30. The highest BCUT2D eigenvalue weighted by Crippen LogP contribution is 2.24. The van der Waals surface area contributed by atoms with Gasteiger partial charge in [-0.05, 0) is 17.9 Å². The van der Waals surface area contributed by atoms with E-state index in [1.54, 1.807) is 6.08 Å². The van der Waals surface area contributed by atoms with Crippen molar-refractivity contribution in [3.63, 3.8) is 0 Å². The van der Waals surface area contributed by atoms with E-state index < -0.39 is 12.2 Å². The molecule has 0 saturated heterocycles. The minimum absolute atomic E-state index is 0.00595. The first-order valence-corrected chi connectivity index (χ1v) is 7.00. The van der Waals surface area contributed by atoms with Crippen LogP contribution in [0.5, 0.6) is 0 Å². The molecule has 0 aliphatic rings. The van der Waals surface area contributed by atoms with E-state index in [1.165, 1.54) is 5.56 Å². The van der Waals surface area contributed by atoms with Crippen LogP contribution in [-0.4, -0.2) is 22.4 Å². The lowest BCUT2D eigenvalue weighted by atomic mass is 9.82. The van der Waals surface area contributed by atoms with Crippen molar-refractivity contribution in [1.29, 1.82) is 0 Å². The number of hydrogen-bond acceptors (Lipinski definition) is 2. The largest absolute Gasteiger partial charge is 0.392 e. The first kappa shape index (κ1) is 15.9. The van der Waals surface area contributed by atoms with E-state index in [4.69, 9.17) is 0 Å². The molecule has 0 saturated carbocycles. The number of rotatable bonds is 7. The van der Waals surface area contributed by atoms with Gasteiger partial charge >= 0.3 is 0 Å². The van der Waals surface area contributed by atoms with E-state index in [0.29, 0.717) is 0 Å². The molecule has 19 heavy (non-hydrogen) atoms. The highest BCUT2D eigenvalue weighted by molar-refractivity contribution is 5.15. The molecule has 0 heterocycles. The third kappa shape index (κ3) is 4.48. The van der Waals surface area contributed by atoms with E-state index in [9.17, 15) is 10.2 Å². The molecule has 5 atom stereocenters. The zero-order valence-electron chi connectivity index (χ0n) is 12.2. The van der Waals surface area contributed by atoms with Gasteiger partial charge in [-0.25, -0.2) is 0 Å². The maximum atomic E-state index is 10.4. The SMILES string of the molecule is C=C[C@@H](C)[C@@H](O)[C@@H](C)[C@H](O)[C@H](C)Cc1ccccc1. The molecule has 0 aliphatic heterocycles. The van der Waals surface area contributed by atoms with Crippen molar-refractivity contribution in [3.05, 3.63) is 48.6 Å². The average molecular weight is 262 g/mol. The average Bonchev–Trinajstić information content (AvgIpc) is 2.44. The molecular weight excluding hydrogens is 236 g/mol. The molecular formula is C17H26O2. The van der Waals surface area contributed by atoms with Crippen molar-refractivity contribution < 1.29 is 10.2 Å².